The number of hydrogen-bond acceptors (Lipinski definition) is 2. The van der Waals surface area contributed by atoms with Crippen LogP contribution in [-0.2, 0) is 0 Å². The zero-order chi connectivity index (χ0) is 27.8. The molecule has 0 aliphatic rings. The van der Waals surface area contributed by atoms with Crippen LogP contribution in [0.15, 0.2) is 140 Å². The Labute approximate surface area is 238 Å². The van der Waals surface area contributed by atoms with Gasteiger partial charge in [0.2, 0.25) is 0 Å². The van der Waals surface area contributed by atoms with Gasteiger partial charge < -0.3 is 4.57 Å². The molecule has 6 aromatic carbocycles. The maximum Gasteiger partial charge on any atom is 0.0992 e. The van der Waals surface area contributed by atoms with Crippen molar-refractivity contribution in [1.29, 1.82) is 10.5 Å². The first-order valence-corrected chi connectivity index (χ1v) is 13.5. The smallest absolute Gasteiger partial charge is 0.0992 e. The Morgan fingerprint density at radius 2 is 0.854 bits per heavy atom. The molecule has 3 heteroatoms. The third-order valence-corrected chi connectivity index (χ3v) is 7.60. The largest absolute Gasteiger partial charge is 0.309 e. The molecule has 0 spiro atoms. The summed E-state index contributed by atoms with van der Waals surface area (Å²) in [5, 5.41) is 21.7. The average Bonchev–Trinajstić information content (AvgIpc) is 3.39. The molecular weight excluding hydrogens is 498 g/mol. The topological polar surface area (TPSA) is 52.5 Å². The van der Waals surface area contributed by atoms with Crippen LogP contribution in [0.25, 0.3) is 60.9 Å². The van der Waals surface area contributed by atoms with Gasteiger partial charge in [0.25, 0.3) is 0 Å². The Bertz CT molecular complexity index is 2130. The van der Waals surface area contributed by atoms with Crippen LogP contribution in [-0.4, -0.2) is 4.57 Å². The van der Waals surface area contributed by atoms with Gasteiger partial charge in [-0.1, -0.05) is 84.9 Å². The van der Waals surface area contributed by atoms with Gasteiger partial charge in [-0.05, 0) is 88.0 Å². The Kier molecular flexibility index (Phi) is 5.90. The highest BCUT2D eigenvalue weighted by molar-refractivity contribution is 6.09. The minimum Gasteiger partial charge on any atom is -0.309 e. The normalized spacial score (nSPS) is 10.9. The van der Waals surface area contributed by atoms with E-state index in [9.17, 15) is 10.5 Å². The van der Waals surface area contributed by atoms with Crippen molar-refractivity contribution in [3.63, 3.8) is 0 Å². The highest BCUT2D eigenvalue weighted by atomic mass is 15.0. The van der Waals surface area contributed by atoms with Crippen LogP contribution in [0, 0.1) is 22.7 Å². The molecule has 0 radical (unpaired) electrons. The molecule has 41 heavy (non-hydrogen) atoms. The third kappa shape index (κ3) is 4.33. The molecule has 0 atom stereocenters. The van der Waals surface area contributed by atoms with Gasteiger partial charge in [0, 0.05) is 16.5 Å². The van der Waals surface area contributed by atoms with E-state index in [1.807, 2.05) is 42.5 Å². The summed E-state index contributed by atoms with van der Waals surface area (Å²) >= 11 is 0. The molecule has 0 aliphatic heterocycles. The summed E-state index contributed by atoms with van der Waals surface area (Å²) < 4.78 is 2.25. The van der Waals surface area contributed by atoms with E-state index in [0.29, 0.717) is 11.1 Å². The lowest BCUT2D eigenvalue weighted by Crippen LogP contribution is -1.96. The number of rotatable bonds is 4. The molecule has 0 aliphatic carbocycles. The fourth-order valence-electron chi connectivity index (χ4n) is 5.70. The zero-order valence-corrected chi connectivity index (χ0v) is 22.1. The van der Waals surface area contributed by atoms with Crippen LogP contribution in [0.2, 0.25) is 0 Å². The molecule has 0 amide bonds. The monoisotopic (exact) mass is 521 g/mol. The molecule has 0 bridgehead atoms. The summed E-state index contributed by atoms with van der Waals surface area (Å²) in [7, 11) is 0. The van der Waals surface area contributed by atoms with Gasteiger partial charge in [0.15, 0.2) is 0 Å². The van der Waals surface area contributed by atoms with Crippen molar-refractivity contribution in [3.05, 3.63) is 151 Å². The van der Waals surface area contributed by atoms with E-state index in [4.69, 9.17) is 0 Å². The van der Waals surface area contributed by atoms with Gasteiger partial charge in [-0.25, -0.2) is 0 Å². The first-order chi connectivity index (χ1) is 20.2. The number of aromatic nitrogens is 1. The quantitative estimate of drug-likeness (QED) is 0.232. The van der Waals surface area contributed by atoms with Crippen LogP contribution >= 0.6 is 0 Å². The molecule has 3 nitrogen and oxygen atoms in total. The van der Waals surface area contributed by atoms with Gasteiger partial charge in [0.1, 0.15) is 0 Å². The lowest BCUT2D eigenvalue weighted by molar-refractivity contribution is 1.18. The Morgan fingerprint density at radius 3 is 1.41 bits per heavy atom. The van der Waals surface area contributed by atoms with E-state index in [0.717, 1.165) is 50.1 Å². The van der Waals surface area contributed by atoms with Crippen molar-refractivity contribution in [2.24, 2.45) is 0 Å². The summed E-state index contributed by atoms with van der Waals surface area (Å²) in [6.07, 6.45) is 0. The number of nitrogens with zero attached hydrogens (tertiary/aromatic N) is 3. The predicted octanol–water partition coefficient (Wildman–Crippen LogP) is 9.53. The molecule has 0 unspecified atom stereocenters. The Hall–Kier alpha value is -5.90. The summed E-state index contributed by atoms with van der Waals surface area (Å²) in [6.45, 7) is 0. The first kappa shape index (κ1) is 24.2. The second-order valence-corrected chi connectivity index (χ2v) is 10.1. The SMILES string of the molecule is N#Cc1cccc(-c2cccc(-c3cccc(-c4cc(C#N)cc(-n5c6ccccc6c6ccccc65)c4)c3)c2)c1. The summed E-state index contributed by atoms with van der Waals surface area (Å²) in [5.74, 6) is 0. The third-order valence-electron chi connectivity index (χ3n) is 7.60. The van der Waals surface area contributed by atoms with Crippen molar-refractivity contribution in [2.75, 3.05) is 0 Å². The van der Waals surface area contributed by atoms with Crippen molar-refractivity contribution < 1.29 is 0 Å². The second kappa shape index (κ2) is 10.0. The van der Waals surface area contributed by atoms with E-state index >= 15 is 0 Å². The van der Waals surface area contributed by atoms with Crippen molar-refractivity contribution in [2.45, 2.75) is 0 Å². The average molecular weight is 522 g/mol. The number of para-hydroxylation sites is 2. The minimum absolute atomic E-state index is 0.615. The predicted molar refractivity (Wildman–Crippen MR) is 167 cm³/mol. The van der Waals surface area contributed by atoms with Crippen molar-refractivity contribution in [1.82, 2.24) is 4.57 Å². The van der Waals surface area contributed by atoms with E-state index in [1.165, 1.54) is 10.8 Å². The van der Waals surface area contributed by atoms with Crippen LogP contribution in [0.3, 0.4) is 0 Å². The summed E-state index contributed by atoms with van der Waals surface area (Å²) in [5.41, 5.74) is 10.7. The molecule has 7 rings (SSSR count). The summed E-state index contributed by atoms with van der Waals surface area (Å²) in [4.78, 5) is 0. The number of hydrogen-bond donors (Lipinski definition) is 0. The van der Waals surface area contributed by atoms with E-state index in [1.54, 1.807) is 0 Å². The maximum atomic E-state index is 9.99. The molecular formula is C38H23N3. The molecule has 0 saturated carbocycles. The maximum absolute atomic E-state index is 9.99. The molecule has 1 heterocycles. The van der Waals surface area contributed by atoms with Gasteiger partial charge in [-0.3, -0.25) is 0 Å². The zero-order valence-electron chi connectivity index (χ0n) is 22.1. The molecule has 0 N–H and O–H groups in total. The molecule has 190 valence electrons. The van der Waals surface area contributed by atoms with Crippen molar-refractivity contribution in [3.8, 4) is 51.2 Å². The molecule has 7 aromatic rings. The van der Waals surface area contributed by atoms with Gasteiger partial charge in [-0.15, -0.1) is 0 Å². The highest BCUT2D eigenvalue weighted by Gasteiger charge is 2.14. The van der Waals surface area contributed by atoms with Gasteiger partial charge >= 0.3 is 0 Å². The first-order valence-electron chi connectivity index (χ1n) is 13.5. The van der Waals surface area contributed by atoms with Crippen LogP contribution in [0.5, 0.6) is 0 Å². The molecule has 1 aromatic heterocycles. The Morgan fingerprint density at radius 1 is 0.390 bits per heavy atom. The summed E-state index contributed by atoms with van der Waals surface area (Å²) in [6, 6.07) is 52.0. The van der Waals surface area contributed by atoms with E-state index in [2.05, 4.69) is 114 Å². The minimum atomic E-state index is 0.615. The van der Waals surface area contributed by atoms with Crippen LogP contribution in [0.4, 0.5) is 0 Å². The van der Waals surface area contributed by atoms with E-state index < -0.39 is 0 Å². The lowest BCUT2D eigenvalue weighted by atomic mass is 9.95. The van der Waals surface area contributed by atoms with Crippen LogP contribution in [0.1, 0.15) is 11.1 Å². The molecule has 0 saturated heterocycles. The fraction of sp³-hybridized carbons (Fsp3) is 0. The Balaban J connectivity index is 1.35. The fourth-order valence-corrected chi connectivity index (χ4v) is 5.70. The highest BCUT2D eigenvalue weighted by Crippen LogP contribution is 2.35. The molecule has 0 fully saturated rings. The second-order valence-electron chi connectivity index (χ2n) is 10.1. The number of fused-ring (bicyclic) bond motifs is 3. The standard InChI is InChI=1S/C38H23N3/c39-24-26-8-5-9-28(18-26)29-10-6-11-30(21-29)31-12-7-13-32(22-31)33-19-27(25-40)20-34(23-33)41-37-16-3-1-14-35(37)36-15-2-4-17-38(36)41/h1-23H. The van der Waals surface area contributed by atoms with Gasteiger partial charge in [0.05, 0.1) is 34.3 Å². The number of nitriles is 2. The van der Waals surface area contributed by atoms with Crippen molar-refractivity contribution >= 4 is 21.8 Å². The number of benzene rings is 6. The lowest BCUT2D eigenvalue weighted by Gasteiger charge is -2.13. The van der Waals surface area contributed by atoms with Crippen LogP contribution < -0.4 is 0 Å². The van der Waals surface area contributed by atoms with Gasteiger partial charge in [-0.2, -0.15) is 10.5 Å². The van der Waals surface area contributed by atoms with E-state index in [-0.39, 0.29) is 0 Å².